The summed E-state index contributed by atoms with van der Waals surface area (Å²) in [4.78, 5) is 2.44. The molecule has 120 valence electrons. The molecule has 1 atom stereocenters. The molecule has 1 fully saturated rings. The minimum Gasteiger partial charge on any atom is -0.507 e. The van der Waals surface area contributed by atoms with Crippen LogP contribution in [0.25, 0.3) is 0 Å². The average molecular weight is 333 g/mol. The maximum atomic E-state index is 10.4. The third-order valence-corrected chi connectivity index (χ3v) is 3.87. The van der Waals surface area contributed by atoms with Gasteiger partial charge in [-0.05, 0) is 18.4 Å². The minimum absolute atomic E-state index is 0. The topological polar surface area (TPSA) is 35.5 Å². The van der Waals surface area contributed by atoms with Crippen molar-refractivity contribution in [3.63, 3.8) is 0 Å². The fraction of sp³-hybridized carbons (Fsp3) is 0.500. The lowest BCUT2D eigenvalue weighted by atomic mass is 9.97. The molecule has 1 aliphatic rings. The summed E-state index contributed by atoms with van der Waals surface area (Å²) in [5.41, 5.74) is 2.07. The first-order chi connectivity index (χ1) is 9.27. The van der Waals surface area contributed by atoms with E-state index in [2.05, 4.69) is 23.7 Å². The van der Waals surface area contributed by atoms with Crippen molar-refractivity contribution in [1.29, 1.82) is 0 Å². The Morgan fingerprint density at radius 1 is 1.33 bits per heavy atom. The highest BCUT2D eigenvalue weighted by atomic mass is 35.5. The first-order valence-electron chi connectivity index (χ1n) is 7.14. The summed E-state index contributed by atoms with van der Waals surface area (Å²) in [5, 5.41) is 13.8. The molecule has 0 saturated carbocycles. The molecular formula is C16H26Cl2N2O. The second-order valence-corrected chi connectivity index (χ2v) is 5.03. The second-order valence-electron chi connectivity index (χ2n) is 5.03. The van der Waals surface area contributed by atoms with E-state index in [0.717, 1.165) is 50.1 Å². The van der Waals surface area contributed by atoms with E-state index in [1.54, 1.807) is 0 Å². The minimum atomic E-state index is 0. The summed E-state index contributed by atoms with van der Waals surface area (Å²) in [6.07, 6.45) is 3.69. The van der Waals surface area contributed by atoms with E-state index in [0.29, 0.717) is 5.75 Å². The van der Waals surface area contributed by atoms with Gasteiger partial charge in [-0.3, -0.25) is 4.90 Å². The zero-order chi connectivity index (χ0) is 13.7. The predicted octanol–water partition coefficient (Wildman–Crippen LogP) is 3.32. The molecule has 0 aliphatic carbocycles. The van der Waals surface area contributed by atoms with Crippen molar-refractivity contribution >= 4 is 24.8 Å². The number of aromatic hydroxyl groups is 1. The van der Waals surface area contributed by atoms with Gasteiger partial charge in [0.05, 0.1) is 0 Å². The molecule has 0 aromatic heterocycles. The Labute approximate surface area is 140 Å². The van der Waals surface area contributed by atoms with Gasteiger partial charge in [0.2, 0.25) is 0 Å². The van der Waals surface area contributed by atoms with Crippen LogP contribution in [0.1, 0.15) is 30.5 Å². The number of benzene rings is 1. The number of aryl methyl sites for hydroxylation is 1. The van der Waals surface area contributed by atoms with Crippen molar-refractivity contribution in [3.8, 4) is 5.75 Å². The van der Waals surface area contributed by atoms with Crippen LogP contribution in [-0.4, -0.2) is 36.2 Å². The van der Waals surface area contributed by atoms with E-state index in [4.69, 9.17) is 0 Å². The van der Waals surface area contributed by atoms with Gasteiger partial charge >= 0.3 is 0 Å². The predicted molar refractivity (Wildman–Crippen MR) is 94.0 cm³/mol. The monoisotopic (exact) mass is 332 g/mol. The summed E-state index contributed by atoms with van der Waals surface area (Å²) >= 11 is 0. The Balaban J connectivity index is 0.00000200. The fourth-order valence-electron chi connectivity index (χ4n) is 2.79. The highest BCUT2D eigenvalue weighted by Crippen LogP contribution is 2.34. The highest BCUT2D eigenvalue weighted by Gasteiger charge is 2.23. The van der Waals surface area contributed by atoms with Gasteiger partial charge < -0.3 is 10.4 Å². The largest absolute Gasteiger partial charge is 0.507 e. The number of hydrogen-bond donors (Lipinski definition) is 2. The SMILES string of the molecule is C=CC[C@@H](c1cccc(CC)c1O)N1CCNCC1.Cl.Cl. The quantitative estimate of drug-likeness (QED) is 0.812. The first kappa shape index (κ1) is 20.3. The molecule has 1 aromatic rings. The number of nitrogens with one attached hydrogen (secondary N) is 1. The van der Waals surface area contributed by atoms with Crippen LogP contribution in [0.2, 0.25) is 0 Å². The number of phenols is 1. The van der Waals surface area contributed by atoms with E-state index < -0.39 is 0 Å². The van der Waals surface area contributed by atoms with Gasteiger partial charge in [-0.15, -0.1) is 31.4 Å². The molecule has 1 saturated heterocycles. The maximum Gasteiger partial charge on any atom is 0.123 e. The maximum absolute atomic E-state index is 10.4. The molecule has 5 heteroatoms. The molecule has 1 aromatic carbocycles. The summed E-state index contributed by atoms with van der Waals surface area (Å²) in [5.74, 6) is 0.468. The lowest BCUT2D eigenvalue weighted by molar-refractivity contribution is 0.172. The summed E-state index contributed by atoms with van der Waals surface area (Å²) in [6, 6.07) is 6.34. The van der Waals surface area contributed by atoms with Crippen molar-refractivity contribution in [2.75, 3.05) is 26.2 Å². The van der Waals surface area contributed by atoms with Crippen LogP contribution < -0.4 is 5.32 Å². The molecule has 1 aliphatic heterocycles. The Kier molecular flexibility index (Phi) is 9.71. The van der Waals surface area contributed by atoms with Gasteiger partial charge in [-0.25, -0.2) is 0 Å². The van der Waals surface area contributed by atoms with E-state index in [1.165, 1.54) is 0 Å². The third-order valence-electron chi connectivity index (χ3n) is 3.87. The fourth-order valence-corrected chi connectivity index (χ4v) is 2.79. The van der Waals surface area contributed by atoms with Crippen molar-refractivity contribution in [2.24, 2.45) is 0 Å². The van der Waals surface area contributed by atoms with Gasteiger partial charge in [0.1, 0.15) is 5.75 Å². The highest BCUT2D eigenvalue weighted by molar-refractivity contribution is 5.85. The molecule has 0 radical (unpaired) electrons. The number of halogens is 2. The number of hydrogen-bond acceptors (Lipinski definition) is 3. The molecule has 0 unspecified atom stereocenters. The summed E-state index contributed by atoms with van der Waals surface area (Å²) in [7, 11) is 0. The summed E-state index contributed by atoms with van der Waals surface area (Å²) in [6.45, 7) is 10.0. The lowest BCUT2D eigenvalue weighted by Gasteiger charge is -2.35. The van der Waals surface area contributed by atoms with Gasteiger partial charge in [-0.2, -0.15) is 0 Å². The van der Waals surface area contributed by atoms with E-state index >= 15 is 0 Å². The molecule has 0 spiro atoms. The van der Waals surface area contributed by atoms with Crippen LogP contribution in [-0.2, 0) is 6.42 Å². The number of phenolic OH excluding ortho intramolecular Hbond substituents is 1. The Bertz CT molecular complexity index is 434. The normalized spacial score (nSPS) is 16.4. The summed E-state index contributed by atoms with van der Waals surface area (Å²) < 4.78 is 0. The number of rotatable bonds is 5. The standard InChI is InChI=1S/C16H24N2O.2ClH/c1-3-6-15(18-11-9-17-10-12-18)14-8-5-7-13(4-2)16(14)19;;/h3,5,7-8,15,17,19H,1,4,6,9-12H2,2H3;2*1H/t15-;;/m0../s1. The number of para-hydroxylation sites is 1. The van der Waals surface area contributed by atoms with Crippen LogP contribution in [0, 0.1) is 0 Å². The lowest BCUT2D eigenvalue weighted by Crippen LogP contribution is -2.45. The third kappa shape index (κ3) is 4.89. The molecule has 2 rings (SSSR count). The van der Waals surface area contributed by atoms with Crippen molar-refractivity contribution in [2.45, 2.75) is 25.8 Å². The molecule has 21 heavy (non-hydrogen) atoms. The number of piperazine rings is 1. The van der Waals surface area contributed by atoms with E-state index in [1.807, 2.05) is 24.3 Å². The van der Waals surface area contributed by atoms with Gasteiger partial charge in [0.25, 0.3) is 0 Å². The molecule has 1 heterocycles. The smallest absolute Gasteiger partial charge is 0.123 e. The Morgan fingerprint density at radius 2 is 2.00 bits per heavy atom. The van der Waals surface area contributed by atoms with E-state index in [-0.39, 0.29) is 30.9 Å². The Hall–Kier alpha value is -0.740. The molecule has 2 N–H and O–H groups in total. The Morgan fingerprint density at radius 3 is 2.57 bits per heavy atom. The van der Waals surface area contributed by atoms with Crippen LogP contribution in [0.4, 0.5) is 0 Å². The molecule has 3 nitrogen and oxygen atoms in total. The van der Waals surface area contributed by atoms with Crippen LogP contribution in [0.15, 0.2) is 30.9 Å². The molecule has 0 bridgehead atoms. The average Bonchev–Trinajstić information content (AvgIpc) is 2.46. The van der Waals surface area contributed by atoms with E-state index in [9.17, 15) is 5.11 Å². The zero-order valence-electron chi connectivity index (χ0n) is 12.5. The number of nitrogens with zero attached hydrogens (tertiary/aromatic N) is 1. The van der Waals surface area contributed by atoms with Crippen LogP contribution in [0.3, 0.4) is 0 Å². The zero-order valence-corrected chi connectivity index (χ0v) is 14.2. The molecule has 0 amide bonds. The van der Waals surface area contributed by atoms with Gasteiger partial charge in [-0.1, -0.05) is 31.2 Å². The van der Waals surface area contributed by atoms with Crippen molar-refractivity contribution < 1.29 is 5.11 Å². The van der Waals surface area contributed by atoms with Crippen LogP contribution >= 0.6 is 24.8 Å². The molecular weight excluding hydrogens is 307 g/mol. The van der Waals surface area contributed by atoms with Gasteiger partial charge in [0, 0.05) is 37.8 Å². The second kappa shape index (κ2) is 10.1. The van der Waals surface area contributed by atoms with Crippen molar-refractivity contribution in [1.82, 2.24) is 10.2 Å². The van der Waals surface area contributed by atoms with Crippen LogP contribution in [0.5, 0.6) is 5.75 Å². The van der Waals surface area contributed by atoms with Crippen molar-refractivity contribution in [3.05, 3.63) is 42.0 Å². The first-order valence-corrected chi connectivity index (χ1v) is 7.14. The van der Waals surface area contributed by atoms with Gasteiger partial charge in [0.15, 0.2) is 0 Å².